The van der Waals surface area contributed by atoms with Crippen molar-refractivity contribution in [1.82, 2.24) is 10.2 Å². The molecule has 1 N–H and O–H groups in total. The SMILES string of the molecule is CCC1(C)NC(=O)CCN(C)C1=O. The van der Waals surface area contributed by atoms with Gasteiger partial charge in [-0.3, -0.25) is 9.59 Å². The van der Waals surface area contributed by atoms with E-state index in [-0.39, 0.29) is 11.8 Å². The highest BCUT2D eigenvalue weighted by Gasteiger charge is 2.37. The quantitative estimate of drug-likeness (QED) is 0.630. The Morgan fingerprint density at radius 2 is 2.15 bits per heavy atom. The summed E-state index contributed by atoms with van der Waals surface area (Å²) < 4.78 is 0. The van der Waals surface area contributed by atoms with E-state index in [0.29, 0.717) is 19.4 Å². The molecule has 1 heterocycles. The van der Waals surface area contributed by atoms with Gasteiger partial charge in [-0.25, -0.2) is 0 Å². The molecule has 4 nitrogen and oxygen atoms in total. The number of carbonyl (C=O) groups excluding carboxylic acids is 2. The van der Waals surface area contributed by atoms with E-state index in [2.05, 4.69) is 5.32 Å². The highest BCUT2D eigenvalue weighted by molar-refractivity contribution is 5.92. The maximum absolute atomic E-state index is 11.8. The third kappa shape index (κ3) is 1.82. The van der Waals surface area contributed by atoms with Crippen LogP contribution in [0.2, 0.25) is 0 Å². The van der Waals surface area contributed by atoms with Gasteiger partial charge < -0.3 is 10.2 Å². The molecule has 0 aromatic carbocycles. The number of nitrogens with zero attached hydrogens (tertiary/aromatic N) is 1. The van der Waals surface area contributed by atoms with Crippen LogP contribution in [0, 0.1) is 0 Å². The van der Waals surface area contributed by atoms with Crippen molar-refractivity contribution >= 4 is 11.8 Å². The maximum Gasteiger partial charge on any atom is 0.247 e. The molecule has 0 aromatic rings. The number of hydrogen-bond acceptors (Lipinski definition) is 2. The lowest BCUT2D eigenvalue weighted by atomic mass is 9.97. The second-order valence-corrected chi connectivity index (χ2v) is 3.71. The van der Waals surface area contributed by atoms with Gasteiger partial charge in [0, 0.05) is 20.0 Å². The number of nitrogens with one attached hydrogen (secondary N) is 1. The second kappa shape index (κ2) is 3.36. The third-order valence-corrected chi connectivity index (χ3v) is 2.62. The molecule has 1 saturated heterocycles. The monoisotopic (exact) mass is 184 g/mol. The van der Waals surface area contributed by atoms with E-state index in [4.69, 9.17) is 0 Å². The Hall–Kier alpha value is -1.06. The lowest BCUT2D eigenvalue weighted by Crippen LogP contribution is -2.53. The molecular formula is C9H16N2O2. The predicted molar refractivity (Wildman–Crippen MR) is 49.1 cm³/mol. The van der Waals surface area contributed by atoms with Crippen molar-refractivity contribution < 1.29 is 9.59 Å². The molecule has 1 unspecified atom stereocenters. The Bertz CT molecular complexity index is 240. The van der Waals surface area contributed by atoms with Crippen LogP contribution < -0.4 is 5.32 Å². The summed E-state index contributed by atoms with van der Waals surface area (Å²) in [6.07, 6.45) is 1.03. The summed E-state index contributed by atoms with van der Waals surface area (Å²) in [6, 6.07) is 0. The van der Waals surface area contributed by atoms with Crippen LogP contribution in [0.15, 0.2) is 0 Å². The van der Waals surface area contributed by atoms with Crippen molar-refractivity contribution in [1.29, 1.82) is 0 Å². The summed E-state index contributed by atoms with van der Waals surface area (Å²) in [5, 5.41) is 2.75. The molecule has 0 radical (unpaired) electrons. The van der Waals surface area contributed by atoms with E-state index in [1.54, 1.807) is 18.9 Å². The number of hydrogen-bond donors (Lipinski definition) is 1. The van der Waals surface area contributed by atoms with Crippen LogP contribution in [0.5, 0.6) is 0 Å². The third-order valence-electron chi connectivity index (χ3n) is 2.62. The summed E-state index contributed by atoms with van der Waals surface area (Å²) in [5.41, 5.74) is -0.706. The molecule has 1 aliphatic rings. The molecule has 4 heteroatoms. The molecule has 0 aliphatic carbocycles. The average Bonchev–Trinajstić information content (AvgIpc) is 2.19. The van der Waals surface area contributed by atoms with Gasteiger partial charge in [0.25, 0.3) is 0 Å². The largest absolute Gasteiger partial charge is 0.343 e. The molecule has 1 aliphatic heterocycles. The van der Waals surface area contributed by atoms with Crippen molar-refractivity contribution in [3.05, 3.63) is 0 Å². The van der Waals surface area contributed by atoms with E-state index in [9.17, 15) is 9.59 Å². The minimum Gasteiger partial charge on any atom is -0.343 e. The summed E-state index contributed by atoms with van der Waals surface area (Å²) in [5.74, 6) is -0.0390. The normalized spacial score (nSPS) is 29.9. The van der Waals surface area contributed by atoms with Gasteiger partial charge in [0.1, 0.15) is 5.54 Å². The molecule has 2 amide bonds. The van der Waals surface area contributed by atoms with Gasteiger partial charge >= 0.3 is 0 Å². The summed E-state index contributed by atoms with van der Waals surface area (Å²) in [6.45, 7) is 4.19. The summed E-state index contributed by atoms with van der Waals surface area (Å²) >= 11 is 0. The van der Waals surface area contributed by atoms with Gasteiger partial charge in [0.15, 0.2) is 0 Å². The first kappa shape index (κ1) is 10.0. The molecule has 13 heavy (non-hydrogen) atoms. The zero-order chi connectivity index (χ0) is 10.1. The van der Waals surface area contributed by atoms with Crippen molar-refractivity contribution in [3.63, 3.8) is 0 Å². The summed E-state index contributed by atoms with van der Waals surface area (Å²) in [4.78, 5) is 24.6. The lowest BCUT2D eigenvalue weighted by Gasteiger charge is -2.28. The molecule has 0 spiro atoms. The number of rotatable bonds is 1. The zero-order valence-corrected chi connectivity index (χ0v) is 8.39. The van der Waals surface area contributed by atoms with Crippen molar-refractivity contribution in [3.8, 4) is 0 Å². The smallest absolute Gasteiger partial charge is 0.247 e. The molecule has 1 atom stereocenters. The van der Waals surface area contributed by atoms with E-state index in [0.717, 1.165) is 0 Å². The van der Waals surface area contributed by atoms with Gasteiger partial charge in [0.05, 0.1) is 0 Å². The van der Waals surface area contributed by atoms with E-state index >= 15 is 0 Å². The molecule has 1 rings (SSSR count). The molecular weight excluding hydrogens is 168 g/mol. The Balaban J connectivity index is 2.91. The minimum absolute atomic E-state index is 0.000787. The fourth-order valence-corrected chi connectivity index (χ4v) is 1.46. The van der Waals surface area contributed by atoms with Crippen LogP contribution in [0.3, 0.4) is 0 Å². The number of likely N-dealkylation sites (N-methyl/N-ethyl adjacent to an activating group) is 1. The first-order valence-electron chi connectivity index (χ1n) is 4.56. The van der Waals surface area contributed by atoms with Gasteiger partial charge in [-0.1, -0.05) is 6.92 Å². The highest BCUT2D eigenvalue weighted by atomic mass is 16.2. The van der Waals surface area contributed by atoms with Crippen LogP contribution in [0.1, 0.15) is 26.7 Å². The summed E-state index contributed by atoms with van der Waals surface area (Å²) in [7, 11) is 1.73. The molecule has 74 valence electrons. The maximum atomic E-state index is 11.8. The number of amides is 2. The lowest BCUT2D eigenvalue weighted by molar-refractivity contribution is -0.137. The van der Waals surface area contributed by atoms with Crippen molar-refractivity contribution in [2.45, 2.75) is 32.2 Å². The molecule has 0 saturated carbocycles. The van der Waals surface area contributed by atoms with Gasteiger partial charge in [-0.2, -0.15) is 0 Å². The zero-order valence-electron chi connectivity index (χ0n) is 8.39. The van der Waals surface area contributed by atoms with Gasteiger partial charge in [0.2, 0.25) is 11.8 Å². The van der Waals surface area contributed by atoms with Gasteiger partial charge in [-0.05, 0) is 13.3 Å². The van der Waals surface area contributed by atoms with Gasteiger partial charge in [-0.15, -0.1) is 0 Å². The fourth-order valence-electron chi connectivity index (χ4n) is 1.46. The van der Waals surface area contributed by atoms with E-state index in [1.165, 1.54) is 0 Å². The second-order valence-electron chi connectivity index (χ2n) is 3.71. The molecule has 0 bridgehead atoms. The van der Waals surface area contributed by atoms with E-state index in [1.807, 2.05) is 6.92 Å². The Labute approximate surface area is 78.3 Å². The van der Waals surface area contributed by atoms with Crippen molar-refractivity contribution in [2.75, 3.05) is 13.6 Å². The predicted octanol–water partition coefficient (Wildman–Crippen LogP) is 0.133. The van der Waals surface area contributed by atoms with Crippen molar-refractivity contribution in [2.24, 2.45) is 0 Å². The standard InChI is InChI=1S/C9H16N2O2/c1-4-9(2)8(13)11(3)6-5-7(12)10-9/h4-6H2,1-3H3,(H,10,12). The highest BCUT2D eigenvalue weighted by Crippen LogP contribution is 2.15. The Morgan fingerprint density at radius 1 is 1.54 bits per heavy atom. The first-order chi connectivity index (χ1) is 5.99. The molecule has 0 aromatic heterocycles. The topological polar surface area (TPSA) is 49.4 Å². The first-order valence-corrected chi connectivity index (χ1v) is 4.56. The van der Waals surface area contributed by atoms with Crippen LogP contribution in [0.25, 0.3) is 0 Å². The van der Waals surface area contributed by atoms with Crippen LogP contribution in [-0.4, -0.2) is 35.8 Å². The van der Waals surface area contributed by atoms with Crippen LogP contribution in [-0.2, 0) is 9.59 Å². The Morgan fingerprint density at radius 3 is 2.69 bits per heavy atom. The van der Waals surface area contributed by atoms with Crippen LogP contribution in [0.4, 0.5) is 0 Å². The average molecular weight is 184 g/mol. The minimum atomic E-state index is -0.706. The Kier molecular flexibility index (Phi) is 2.59. The number of carbonyl (C=O) groups is 2. The molecule has 1 fully saturated rings. The van der Waals surface area contributed by atoms with Crippen LogP contribution >= 0.6 is 0 Å². The van der Waals surface area contributed by atoms with E-state index < -0.39 is 5.54 Å². The fraction of sp³-hybridized carbons (Fsp3) is 0.778.